The number of hydrogen-bond donors (Lipinski definition) is 0. The number of carbonyl (C=O) groups is 1. The molecule has 2 fully saturated rings. The van der Waals surface area contributed by atoms with E-state index in [2.05, 4.69) is 31.7 Å². The van der Waals surface area contributed by atoms with E-state index in [1.807, 2.05) is 13.0 Å². The fourth-order valence-corrected chi connectivity index (χ4v) is 6.04. The van der Waals surface area contributed by atoms with Crippen LogP contribution in [0.4, 0.5) is 5.82 Å². The van der Waals surface area contributed by atoms with Crippen molar-refractivity contribution in [3.63, 3.8) is 0 Å². The lowest BCUT2D eigenvalue weighted by Crippen LogP contribution is -2.39. The van der Waals surface area contributed by atoms with Crippen molar-refractivity contribution in [3.8, 4) is 6.07 Å². The molecule has 2 aliphatic heterocycles. The highest BCUT2D eigenvalue weighted by Crippen LogP contribution is 2.37. The first-order valence-corrected chi connectivity index (χ1v) is 14.2. The van der Waals surface area contributed by atoms with E-state index in [1.54, 1.807) is 9.47 Å². The van der Waals surface area contributed by atoms with Gasteiger partial charge in [-0.3, -0.25) is 19.1 Å². The molecule has 3 rings (SSSR count). The molecule has 1 aromatic heterocycles. The van der Waals surface area contributed by atoms with Crippen LogP contribution in [0.3, 0.4) is 0 Å². The largest absolute Gasteiger partial charge is 0.357 e. The molecule has 35 heavy (non-hydrogen) atoms. The number of rotatable bonds is 10. The first-order valence-electron chi connectivity index (χ1n) is 13.0. The first kappa shape index (κ1) is 27.5. The van der Waals surface area contributed by atoms with E-state index >= 15 is 0 Å². The summed E-state index contributed by atoms with van der Waals surface area (Å²) in [7, 11) is 0. The molecule has 2 saturated heterocycles. The molecule has 0 aromatic carbocycles. The lowest BCUT2D eigenvalue weighted by molar-refractivity contribution is -0.122. The predicted octanol–water partition coefficient (Wildman–Crippen LogP) is 5.85. The number of aromatic nitrogens is 1. The first-order chi connectivity index (χ1) is 16.8. The topological polar surface area (TPSA) is 69.3 Å². The van der Waals surface area contributed by atoms with E-state index in [9.17, 15) is 14.9 Å². The van der Waals surface area contributed by atoms with Gasteiger partial charge in [0, 0.05) is 31.7 Å². The van der Waals surface area contributed by atoms with Crippen LogP contribution in [0.1, 0.15) is 88.8 Å². The van der Waals surface area contributed by atoms with Gasteiger partial charge >= 0.3 is 0 Å². The van der Waals surface area contributed by atoms with Gasteiger partial charge in [-0.25, -0.2) is 0 Å². The number of nitriles is 1. The van der Waals surface area contributed by atoms with Crippen LogP contribution < -0.4 is 10.5 Å². The molecule has 8 heteroatoms. The minimum absolute atomic E-state index is 0.0704. The Balaban J connectivity index is 2.08. The SMILES string of the molecule is CCCCCCN1C(=O)C(=Cc2c(C)c(C#N)c(=O)n(CCCC)c2N2CCC(C)CC2)SC1=S. The van der Waals surface area contributed by atoms with Crippen molar-refractivity contribution >= 4 is 46.1 Å². The van der Waals surface area contributed by atoms with E-state index < -0.39 is 0 Å². The van der Waals surface area contributed by atoms with Gasteiger partial charge in [-0.1, -0.05) is 70.4 Å². The minimum atomic E-state index is -0.229. The smallest absolute Gasteiger partial charge is 0.270 e. The molecule has 6 nitrogen and oxygen atoms in total. The molecule has 0 bridgehead atoms. The van der Waals surface area contributed by atoms with E-state index in [-0.39, 0.29) is 17.0 Å². The highest BCUT2D eigenvalue weighted by molar-refractivity contribution is 8.26. The van der Waals surface area contributed by atoms with Crippen molar-refractivity contribution in [3.05, 3.63) is 31.9 Å². The summed E-state index contributed by atoms with van der Waals surface area (Å²) in [6.07, 6.45) is 10.1. The molecular formula is C27H38N4O2S2. The summed E-state index contributed by atoms with van der Waals surface area (Å²) in [6.45, 7) is 11.3. The second-order valence-corrected chi connectivity index (χ2v) is 11.4. The summed E-state index contributed by atoms with van der Waals surface area (Å²) < 4.78 is 2.37. The Kier molecular flexibility index (Phi) is 9.99. The molecule has 0 atom stereocenters. The Morgan fingerprint density at radius 2 is 1.77 bits per heavy atom. The number of nitrogens with zero attached hydrogens (tertiary/aromatic N) is 4. The fourth-order valence-electron chi connectivity index (χ4n) is 4.75. The van der Waals surface area contributed by atoms with Gasteiger partial charge in [-0.05, 0) is 50.2 Å². The maximum absolute atomic E-state index is 13.4. The number of hydrogen-bond acceptors (Lipinski definition) is 6. The molecule has 0 aliphatic carbocycles. The van der Waals surface area contributed by atoms with Crippen molar-refractivity contribution < 1.29 is 4.79 Å². The van der Waals surface area contributed by atoms with Gasteiger partial charge in [-0.2, -0.15) is 5.26 Å². The Morgan fingerprint density at radius 1 is 1.09 bits per heavy atom. The second kappa shape index (κ2) is 12.7. The third kappa shape index (κ3) is 6.18. The Bertz CT molecular complexity index is 1080. The maximum Gasteiger partial charge on any atom is 0.270 e. The van der Waals surface area contributed by atoms with Crippen LogP contribution in [0.2, 0.25) is 0 Å². The van der Waals surface area contributed by atoms with Gasteiger partial charge < -0.3 is 4.90 Å². The third-order valence-corrected chi connectivity index (χ3v) is 8.43. The zero-order valence-corrected chi connectivity index (χ0v) is 23.2. The number of anilines is 1. The normalized spacial score (nSPS) is 18.1. The summed E-state index contributed by atoms with van der Waals surface area (Å²) in [5.74, 6) is 1.42. The van der Waals surface area contributed by atoms with Gasteiger partial charge in [0.25, 0.3) is 11.5 Å². The third-order valence-electron chi connectivity index (χ3n) is 7.05. The summed E-state index contributed by atoms with van der Waals surface area (Å²) in [6, 6.07) is 2.14. The monoisotopic (exact) mass is 514 g/mol. The lowest BCUT2D eigenvalue weighted by atomic mass is 9.97. The van der Waals surface area contributed by atoms with Crippen LogP contribution >= 0.6 is 24.0 Å². The summed E-state index contributed by atoms with van der Waals surface area (Å²) in [4.78, 5) is 31.2. The van der Waals surface area contributed by atoms with Crippen LogP contribution in [0.15, 0.2) is 9.70 Å². The summed E-state index contributed by atoms with van der Waals surface area (Å²) in [5, 5.41) is 9.85. The molecule has 0 radical (unpaired) electrons. The van der Waals surface area contributed by atoms with E-state index in [4.69, 9.17) is 12.2 Å². The number of unbranched alkanes of at least 4 members (excludes halogenated alkanes) is 4. The lowest BCUT2D eigenvalue weighted by Gasteiger charge is -2.35. The second-order valence-electron chi connectivity index (χ2n) is 9.72. The van der Waals surface area contributed by atoms with E-state index in [0.29, 0.717) is 33.8 Å². The molecule has 2 aliphatic rings. The number of piperidine rings is 1. The minimum Gasteiger partial charge on any atom is -0.357 e. The fraction of sp³-hybridized carbons (Fsp3) is 0.630. The highest BCUT2D eigenvalue weighted by atomic mass is 32.2. The van der Waals surface area contributed by atoms with E-state index in [0.717, 1.165) is 75.8 Å². The molecule has 1 aromatic rings. The van der Waals surface area contributed by atoms with E-state index in [1.165, 1.54) is 11.8 Å². The van der Waals surface area contributed by atoms with Crippen molar-refractivity contribution in [1.29, 1.82) is 5.26 Å². The molecule has 0 unspecified atom stereocenters. The summed E-state index contributed by atoms with van der Waals surface area (Å²) >= 11 is 6.88. The van der Waals surface area contributed by atoms with Crippen molar-refractivity contribution in [2.24, 2.45) is 5.92 Å². The molecule has 0 spiro atoms. The molecule has 3 heterocycles. The van der Waals surface area contributed by atoms with Crippen molar-refractivity contribution in [1.82, 2.24) is 9.47 Å². The van der Waals surface area contributed by atoms with Gasteiger partial charge in [0.2, 0.25) is 0 Å². The molecule has 1 amide bonds. The van der Waals surface area contributed by atoms with Gasteiger partial charge in [0.05, 0.1) is 4.91 Å². The van der Waals surface area contributed by atoms with Crippen LogP contribution in [-0.2, 0) is 11.3 Å². The Morgan fingerprint density at radius 3 is 2.40 bits per heavy atom. The Hall–Kier alpha value is -2.11. The van der Waals surface area contributed by atoms with Crippen molar-refractivity contribution in [2.75, 3.05) is 24.5 Å². The van der Waals surface area contributed by atoms with Gasteiger partial charge in [-0.15, -0.1) is 0 Å². The molecule has 190 valence electrons. The van der Waals surface area contributed by atoms with Crippen LogP contribution in [0, 0.1) is 24.2 Å². The molecular weight excluding hydrogens is 476 g/mol. The number of pyridine rings is 1. The number of carbonyl (C=O) groups excluding carboxylic acids is 1. The zero-order chi connectivity index (χ0) is 25.5. The predicted molar refractivity (Wildman–Crippen MR) is 150 cm³/mol. The quantitative estimate of drug-likeness (QED) is 0.222. The zero-order valence-electron chi connectivity index (χ0n) is 21.6. The average molecular weight is 515 g/mol. The number of amides is 1. The summed E-state index contributed by atoms with van der Waals surface area (Å²) in [5.41, 5.74) is 1.38. The van der Waals surface area contributed by atoms with Crippen LogP contribution in [-0.4, -0.2) is 39.3 Å². The highest BCUT2D eigenvalue weighted by Gasteiger charge is 2.33. The molecule has 0 N–H and O–H groups in total. The van der Waals surface area contributed by atoms with Crippen molar-refractivity contribution in [2.45, 2.75) is 85.6 Å². The van der Waals surface area contributed by atoms with Gasteiger partial charge in [0.1, 0.15) is 21.8 Å². The Labute approximate surface area is 219 Å². The molecule has 0 saturated carbocycles. The number of thioether (sulfide) groups is 1. The number of thiocarbonyl (C=S) groups is 1. The van der Waals surface area contributed by atoms with Gasteiger partial charge in [0.15, 0.2) is 0 Å². The maximum atomic E-state index is 13.4. The van der Waals surface area contributed by atoms with Crippen LogP contribution in [0.5, 0.6) is 0 Å². The average Bonchev–Trinajstić information content (AvgIpc) is 3.11. The standard InChI is InChI=1S/C27H38N4O2S2/c1-5-7-9-10-14-31-26(33)23(35-27(31)34)17-21-20(4)22(18-28)25(32)30(13-8-6-2)24(21)29-15-11-19(3)12-16-29/h17,19H,5-16H2,1-4H3. The van der Waals surface area contributed by atoms with Crippen LogP contribution in [0.25, 0.3) is 6.08 Å².